The van der Waals surface area contributed by atoms with Crippen LogP contribution in [0.15, 0.2) is 84.9 Å². The summed E-state index contributed by atoms with van der Waals surface area (Å²) in [5, 5.41) is 21.1. The Morgan fingerprint density at radius 3 is 2.22 bits per heavy atom. The summed E-state index contributed by atoms with van der Waals surface area (Å²) >= 11 is 0. The predicted octanol–water partition coefficient (Wildman–Crippen LogP) is 4.39. The molecule has 0 spiro atoms. The van der Waals surface area contributed by atoms with Gasteiger partial charge in [-0.2, -0.15) is 10.5 Å². The van der Waals surface area contributed by atoms with Crippen LogP contribution < -0.4 is 10.1 Å². The maximum Gasteiger partial charge on any atom is 0.320 e. The number of rotatable bonds is 5. The molecule has 0 aliphatic carbocycles. The highest BCUT2D eigenvalue weighted by atomic mass is 16.5. The predicted molar refractivity (Wildman–Crippen MR) is 173 cm³/mol. The van der Waals surface area contributed by atoms with Gasteiger partial charge < -0.3 is 29.7 Å². The fourth-order valence-electron chi connectivity index (χ4n) is 6.75. The SMILES string of the molecule is N#CN1CCCC(NC(=O)c2cccc(-c3ccccc3)c2)C1.N#CN1C[C@H]2CCN(C(=O)N3CC(Oc4ccccc4)C3)[C@H]2C1. The van der Waals surface area contributed by atoms with Crippen molar-refractivity contribution in [1.82, 2.24) is 24.9 Å². The van der Waals surface area contributed by atoms with Gasteiger partial charge in [0.15, 0.2) is 12.4 Å². The molecule has 10 nitrogen and oxygen atoms in total. The topological polar surface area (TPSA) is 116 Å². The summed E-state index contributed by atoms with van der Waals surface area (Å²) in [5.41, 5.74) is 2.77. The molecule has 4 saturated heterocycles. The molecule has 3 aromatic carbocycles. The quantitative estimate of drug-likeness (QED) is 0.423. The van der Waals surface area contributed by atoms with E-state index in [1.165, 1.54) is 0 Å². The average molecular weight is 618 g/mol. The van der Waals surface area contributed by atoms with Crippen LogP contribution in [0, 0.1) is 28.8 Å². The summed E-state index contributed by atoms with van der Waals surface area (Å²) < 4.78 is 5.85. The van der Waals surface area contributed by atoms with E-state index in [2.05, 4.69) is 17.7 Å². The molecular weight excluding hydrogens is 578 g/mol. The Bertz CT molecular complexity index is 1580. The van der Waals surface area contributed by atoms with Crippen molar-refractivity contribution < 1.29 is 14.3 Å². The van der Waals surface area contributed by atoms with Crippen molar-refractivity contribution in [2.75, 3.05) is 45.8 Å². The molecule has 4 fully saturated rings. The van der Waals surface area contributed by atoms with E-state index in [4.69, 9.17) is 15.3 Å². The first kappa shape index (κ1) is 30.8. The second kappa shape index (κ2) is 14.3. The maximum absolute atomic E-state index is 12.7. The summed E-state index contributed by atoms with van der Waals surface area (Å²) in [6.45, 7) is 4.96. The van der Waals surface area contributed by atoms with Crippen LogP contribution in [-0.4, -0.2) is 95.5 Å². The molecule has 7 rings (SSSR count). The Balaban J connectivity index is 0.000000162. The van der Waals surface area contributed by atoms with Crippen LogP contribution in [0.4, 0.5) is 4.79 Å². The van der Waals surface area contributed by atoms with E-state index in [1.807, 2.05) is 94.7 Å². The van der Waals surface area contributed by atoms with E-state index in [-0.39, 0.29) is 30.1 Å². The fourth-order valence-corrected chi connectivity index (χ4v) is 6.75. The van der Waals surface area contributed by atoms with Gasteiger partial charge in [-0.1, -0.05) is 60.7 Å². The molecule has 3 amide bonds. The third-order valence-electron chi connectivity index (χ3n) is 9.23. The largest absolute Gasteiger partial charge is 0.487 e. The number of hydrogen-bond donors (Lipinski definition) is 1. The normalized spacial score (nSPS) is 22.0. The molecule has 1 unspecified atom stereocenters. The van der Waals surface area contributed by atoms with Crippen molar-refractivity contribution in [3.8, 4) is 29.3 Å². The molecule has 0 saturated carbocycles. The number of carbonyl (C=O) groups excluding carboxylic acids is 2. The molecule has 0 radical (unpaired) electrons. The van der Waals surface area contributed by atoms with Crippen LogP contribution in [0.25, 0.3) is 11.1 Å². The van der Waals surface area contributed by atoms with E-state index in [0.29, 0.717) is 37.7 Å². The first-order valence-electron chi connectivity index (χ1n) is 16.0. The van der Waals surface area contributed by atoms with Crippen LogP contribution in [-0.2, 0) is 0 Å². The number of nitriles is 2. The van der Waals surface area contributed by atoms with Gasteiger partial charge in [0.25, 0.3) is 5.91 Å². The Morgan fingerprint density at radius 1 is 0.761 bits per heavy atom. The highest BCUT2D eigenvalue weighted by Crippen LogP contribution is 2.33. The summed E-state index contributed by atoms with van der Waals surface area (Å²) in [6.07, 6.45) is 7.31. The lowest BCUT2D eigenvalue weighted by atomic mass is 10.0. The van der Waals surface area contributed by atoms with Crippen LogP contribution in [0.2, 0.25) is 0 Å². The molecule has 4 heterocycles. The standard InChI is InChI=1S/C19H19N3O.C17H20N4O2/c20-14-22-11-5-10-18(13-22)21-19(23)17-9-4-8-16(12-17)15-6-2-1-3-7-15;18-12-19-8-13-6-7-21(16(13)11-19)17(22)20-9-15(10-20)23-14-4-2-1-3-5-14/h1-4,6-9,12,18H,5,10-11,13H2,(H,21,23);1-5,13,15-16H,6-11H2/t;13-,16+/m.1/s1. The van der Waals surface area contributed by atoms with E-state index in [9.17, 15) is 9.59 Å². The van der Waals surface area contributed by atoms with Gasteiger partial charge in [-0.3, -0.25) is 4.79 Å². The minimum atomic E-state index is -0.0763. The van der Waals surface area contributed by atoms with E-state index in [0.717, 1.165) is 55.8 Å². The lowest BCUT2D eigenvalue weighted by molar-refractivity contribution is 0.0292. The summed E-state index contributed by atoms with van der Waals surface area (Å²) in [5.74, 6) is 1.23. The molecule has 46 heavy (non-hydrogen) atoms. The van der Waals surface area contributed by atoms with Gasteiger partial charge in [0.2, 0.25) is 0 Å². The van der Waals surface area contributed by atoms with E-state index >= 15 is 0 Å². The number of ether oxygens (including phenoxy) is 1. The van der Waals surface area contributed by atoms with Gasteiger partial charge in [-0.15, -0.1) is 0 Å². The van der Waals surface area contributed by atoms with Crippen LogP contribution in [0.3, 0.4) is 0 Å². The number of para-hydroxylation sites is 1. The Labute approximate surface area is 270 Å². The highest BCUT2D eigenvalue weighted by Gasteiger charge is 2.46. The van der Waals surface area contributed by atoms with Gasteiger partial charge in [-0.05, 0) is 54.7 Å². The van der Waals surface area contributed by atoms with Crippen LogP contribution in [0.5, 0.6) is 5.75 Å². The zero-order chi connectivity index (χ0) is 31.9. The molecule has 10 heteroatoms. The molecule has 0 bridgehead atoms. The van der Waals surface area contributed by atoms with Gasteiger partial charge in [0.1, 0.15) is 11.9 Å². The second-order valence-corrected chi connectivity index (χ2v) is 12.4. The molecule has 236 valence electrons. The third kappa shape index (κ3) is 7.18. The summed E-state index contributed by atoms with van der Waals surface area (Å²) in [4.78, 5) is 32.4. The zero-order valence-electron chi connectivity index (χ0n) is 25.9. The molecule has 4 aliphatic rings. The minimum absolute atomic E-state index is 0.0382. The molecule has 3 aromatic rings. The number of likely N-dealkylation sites (tertiary alicyclic amines) is 4. The van der Waals surface area contributed by atoms with Crippen LogP contribution >= 0.6 is 0 Å². The number of benzene rings is 3. The first-order valence-corrected chi connectivity index (χ1v) is 16.0. The summed E-state index contributed by atoms with van der Waals surface area (Å²) in [6, 6.07) is 27.7. The van der Waals surface area contributed by atoms with Crippen molar-refractivity contribution >= 4 is 11.9 Å². The van der Waals surface area contributed by atoms with Crippen molar-refractivity contribution in [3.05, 3.63) is 90.5 Å². The van der Waals surface area contributed by atoms with Crippen molar-refractivity contribution in [2.24, 2.45) is 5.92 Å². The van der Waals surface area contributed by atoms with Gasteiger partial charge in [0, 0.05) is 50.2 Å². The van der Waals surface area contributed by atoms with Gasteiger partial charge in [0.05, 0.1) is 19.1 Å². The second-order valence-electron chi connectivity index (χ2n) is 12.4. The Kier molecular flexibility index (Phi) is 9.54. The average Bonchev–Trinajstić information content (AvgIpc) is 3.68. The molecule has 4 aliphatic heterocycles. The molecule has 3 atom stereocenters. The molecular formula is C36H39N7O3. The lowest BCUT2D eigenvalue weighted by Crippen LogP contribution is -2.60. The number of urea groups is 1. The first-order chi connectivity index (χ1) is 22.5. The smallest absolute Gasteiger partial charge is 0.320 e. The Morgan fingerprint density at radius 2 is 1.48 bits per heavy atom. The summed E-state index contributed by atoms with van der Waals surface area (Å²) in [7, 11) is 0. The van der Waals surface area contributed by atoms with Crippen molar-refractivity contribution in [1.29, 1.82) is 10.5 Å². The third-order valence-corrected chi connectivity index (χ3v) is 9.23. The van der Waals surface area contributed by atoms with Crippen molar-refractivity contribution in [2.45, 2.75) is 37.5 Å². The number of amides is 3. The van der Waals surface area contributed by atoms with E-state index in [1.54, 1.807) is 9.80 Å². The number of fused-ring (bicyclic) bond motifs is 1. The highest BCUT2D eigenvalue weighted by molar-refractivity contribution is 5.95. The monoisotopic (exact) mass is 617 g/mol. The van der Waals surface area contributed by atoms with Gasteiger partial charge in [-0.25, -0.2) is 4.79 Å². The minimum Gasteiger partial charge on any atom is -0.487 e. The zero-order valence-corrected chi connectivity index (χ0v) is 25.9. The maximum atomic E-state index is 12.7. The number of carbonyl (C=O) groups is 2. The number of nitrogens with zero attached hydrogens (tertiary/aromatic N) is 6. The Hall–Kier alpha value is -5.22. The molecule has 1 N–H and O–H groups in total. The number of piperidine rings is 1. The van der Waals surface area contributed by atoms with Crippen molar-refractivity contribution in [3.63, 3.8) is 0 Å². The fraction of sp³-hybridized carbons (Fsp3) is 0.389. The lowest BCUT2D eigenvalue weighted by Gasteiger charge is -2.41. The molecule has 0 aromatic heterocycles. The number of nitrogens with one attached hydrogen (secondary N) is 1. The van der Waals surface area contributed by atoms with Crippen LogP contribution in [0.1, 0.15) is 29.6 Å². The van der Waals surface area contributed by atoms with Gasteiger partial charge >= 0.3 is 6.03 Å². The number of hydrogen-bond acceptors (Lipinski definition) is 7. The van der Waals surface area contributed by atoms with E-state index < -0.39 is 0 Å².